The van der Waals surface area contributed by atoms with Crippen LogP contribution in [-0.2, 0) is 16.1 Å². The summed E-state index contributed by atoms with van der Waals surface area (Å²) < 4.78 is 10.1. The highest BCUT2D eigenvalue weighted by Gasteiger charge is 2.05. The van der Waals surface area contributed by atoms with Crippen LogP contribution in [0.3, 0.4) is 0 Å². The highest BCUT2D eigenvalue weighted by atomic mass is 35.5. The van der Waals surface area contributed by atoms with Gasteiger partial charge < -0.3 is 14.8 Å². The third-order valence-electron chi connectivity index (χ3n) is 2.37. The summed E-state index contributed by atoms with van der Waals surface area (Å²) in [5.41, 5.74) is 0.967. The number of carbonyl (C=O) groups is 1. The van der Waals surface area contributed by atoms with Crippen LogP contribution in [-0.4, -0.2) is 26.2 Å². The summed E-state index contributed by atoms with van der Waals surface area (Å²) in [4.78, 5) is 11.1. The molecule has 0 unspecified atom stereocenters. The van der Waals surface area contributed by atoms with Gasteiger partial charge in [-0.05, 0) is 25.1 Å². The Bertz CT molecular complexity index is 396. The largest absolute Gasteiger partial charge is 0.496 e. The van der Waals surface area contributed by atoms with Gasteiger partial charge in [-0.15, -0.1) is 0 Å². The van der Waals surface area contributed by atoms with Gasteiger partial charge in [-0.25, -0.2) is 0 Å². The van der Waals surface area contributed by atoms with Crippen LogP contribution in [0.5, 0.6) is 5.75 Å². The number of benzene rings is 1. The quantitative estimate of drug-likeness (QED) is 0.611. The van der Waals surface area contributed by atoms with Crippen molar-refractivity contribution in [3.63, 3.8) is 0 Å². The Kier molecular flexibility index (Phi) is 6.54. The molecule has 18 heavy (non-hydrogen) atoms. The van der Waals surface area contributed by atoms with Gasteiger partial charge in [-0.1, -0.05) is 11.6 Å². The van der Waals surface area contributed by atoms with Crippen molar-refractivity contribution < 1.29 is 14.3 Å². The third-order valence-corrected chi connectivity index (χ3v) is 2.60. The Labute approximate surface area is 112 Å². The van der Waals surface area contributed by atoms with E-state index in [2.05, 4.69) is 5.32 Å². The molecule has 0 spiro atoms. The summed E-state index contributed by atoms with van der Waals surface area (Å²) in [6, 6.07) is 5.45. The van der Waals surface area contributed by atoms with Gasteiger partial charge in [0.15, 0.2) is 0 Å². The fraction of sp³-hybridized carbons (Fsp3) is 0.462. The lowest BCUT2D eigenvalue weighted by atomic mass is 10.2. The molecule has 1 aromatic carbocycles. The van der Waals surface area contributed by atoms with Gasteiger partial charge in [0.1, 0.15) is 5.75 Å². The lowest BCUT2D eigenvalue weighted by Gasteiger charge is -2.10. The molecular formula is C13H18ClNO3. The van der Waals surface area contributed by atoms with Gasteiger partial charge in [-0.2, -0.15) is 0 Å². The molecule has 0 bridgehead atoms. The van der Waals surface area contributed by atoms with Crippen molar-refractivity contribution in [3.8, 4) is 5.75 Å². The van der Waals surface area contributed by atoms with Crippen LogP contribution in [0.25, 0.3) is 0 Å². The monoisotopic (exact) mass is 271 g/mol. The maximum Gasteiger partial charge on any atom is 0.307 e. The standard InChI is InChI=1S/C13H18ClNO3/c1-3-18-13(16)6-7-15-9-10-8-11(14)4-5-12(10)17-2/h4-5,8,15H,3,6-7,9H2,1-2H3. The van der Waals surface area contributed by atoms with E-state index in [0.29, 0.717) is 31.1 Å². The number of carbonyl (C=O) groups excluding carboxylic acids is 1. The predicted octanol–water partition coefficient (Wildman–Crippen LogP) is 2.39. The van der Waals surface area contributed by atoms with Gasteiger partial charge in [0.25, 0.3) is 0 Å². The Morgan fingerprint density at radius 1 is 1.44 bits per heavy atom. The zero-order valence-corrected chi connectivity index (χ0v) is 11.4. The SMILES string of the molecule is CCOC(=O)CCNCc1cc(Cl)ccc1OC. The molecule has 0 aliphatic heterocycles. The van der Waals surface area contributed by atoms with E-state index in [4.69, 9.17) is 21.1 Å². The molecule has 0 saturated heterocycles. The second kappa shape index (κ2) is 7.95. The van der Waals surface area contributed by atoms with Crippen LogP contribution in [0, 0.1) is 0 Å². The molecular weight excluding hydrogens is 254 g/mol. The number of ether oxygens (including phenoxy) is 2. The topological polar surface area (TPSA) is 47.6 Å². The van der Waals surface area contributed by atoms with E-state index in [-0.39, 0.29) is 5.97 Å². The van der Waals surface area contributed by atoms with E-state index in [1.807, 2.05) is 12.1 Å². The first-order valence-corrected chi connectivity index (χ1v) is 6.24. The second-order valence-electron chi connectivity index (χ2n) is 3.69. The molecule has 1 aromatic rings. The van der Waals surface area contributed by atoms with Crippen molar-refractivity contribution in [1.82, 2.24) is 5.32 Å². The van der Waals surface area contributed by atoms with Crippen molar-refractivity contribution >= 4 is 17.6 Å². The van der Waals surface area contributed by atoms with Crippen LogP contribution in [0.15, 0.2) is 18.2 Å². The van der Waals surface area contributed by atoms with Crippen LogP contribution in [0.1, 0.15) is 18.9 Å². The average molecular weight is 272 g/mol. The first-order chi connectivity index (χ1) is 8.67. The summed E-state index contributed by atoms with van der Waals surface area (Å²) in [7, 11) is 1.62. The number of rotatable bonds is 7. The minimum atomic E-state index is -0.192. The minimum Gasteiger partial charge on any atom is -0.496 e. The maximum atomic E-state index is 11.1. The second-order valence-corrected chi connectivity index (χ2v) is 4.12. The average Bonchev–Trinajstić information content (AvgIpc) is 2.35. The van der Waals surface area contributed by atoms with Crippen molar-refractivity contribution in [2.45, 2.75) is 19.9 Å². The van der Waals surface area contributed by atoms with E-state index in [9.17, 15) is 4.79 Å². The van der Waals surface area contributed by atoms with E-state index < -0.39 is 0 Å². The molecule has 5 heteroatoms. The lowest BCUT2D eigenvalue weighted by Crippen LogP contribution is -2.19. The van der Waals surface area contributed by atoms with E-state index in [1.165, 1.54) is 0 Å². The van der Waals surface area contributed by atoms with Crippen LogP contribution in [0.4, 0.5) is 0 Å². The van der Waals surface area contributed by atoms with E-state index in [1.54, 1.807) is 20.1 Å². The molecule has 0 saturated carbocycles. The van der Waals surface area contributed by atoms with E-state index >= 15 is 0 Å². The molecule has 100 valence electrons. The number of esters is 1. The summed E-state index contributed by atoms with van der Waals surface area (Å²) in [6.45, 7) is 3.38. The van der Waals surface area contributed by atoms with Crippen LogP contribution in [0.2, 0.25) is 5.02 Å². The lowest BCUT2D eigenvalue weighted by molar-refractivity contribution is -0.142. The Morgan fingerprint density at radius 3 is 2.89 bits per heavy atom. The van der Waals surface area contributed by atoms with Crippen molar-refractivity contribution in [3.05, 3.63) is 28.8 Å². The van der Waals surface area contributed by atoms with Gasteiger partial charge in [0, 0.05) is 23.7 Å². The fourth-order valence-corrected chi connectivity index (χ4v) is 1.73. The molecule has 0 aliphatic carbocycles. The fourth-order valence-electron chi connectivity index (χ4n) is 1.53. The summed E-state index contributed by atoms with van der Waals surface area (Å²) >= 11 is 5.92. The molecule has 0 heterocycles. The Balaban J connectivity index is 2.39. The summed E-state index contributed by atoms with van der Waals surface area (Å²) in [5, 5.41) is 3.82. The van der Waals surface area contributed by atoms with Crippen molar-refractivity contribution in [2.24, 2.45) is 0 Å². The first kappa shape index (κ1) is 14.8. The number of hydrogen-bond donors (Lipinski definition) is 1. The van der Waals surface area contributed by atoms with Gasteiger partial charge in [0.05, 0.1) is 20.1 Å². The Hall–Kier alpha value is -1.26. The Morgan fingerprint density at radius 2 is 2.22 bits per heavy atom. The molecule has 0 fully saturated rings. The molecule has 0 atom stereocenters. The zero-order valence-electron chi connectivity index (χ0n) is 10.7. The number of halogens is 1. The summed E-state index contributed by atoms with van der Waals surface area (Å²) in [5.74, 6) is 0.589. The number of nitrogens with one attached hydrogen (secondary N) is 1. The number of hydrogen-bond acceptors (Lipinski definition) is 4. The first-order valence-electron chi connectivity index (χ1n) is 5.86. The molecule has 4 nitrogen and oxygen atoms in total. The predicted molar refractivity (Wildman–Crippen MR) is 71.0 cm³/mol. The van der Waals surface area contributed by atoms with Crippen molar-refractivity contribution in [2.75, 3.05) is 20.3 Å². The normalized spacial score (nSPS) is 10.2. The highest BCUT2D eigenvalue weighted by Crippen LogP contribution is 2.22. The molecule has 0 amide bonds. The molecule has 0 radical (unpaired) electrons. The maximum absolute atomic E-state index is 11.1. The molecule has 1 N–H and O–H groups in total. The van der Waals surface area contributed by atoms with Gasteiger partial charge in [0.2, 0.25) is 0 Å². The van der Waals surface area contributed by atoms with Gasteiger partial charge in [-0.3, -0.25) is 4.79 Å². The van der Waals surface area contributed by atoms with Crippen LogP contribution < -0.4 is 10.1 Å². The molecule has 1 rings (SSSR count). The molecule has 0 aromatic heterocycles. The highest BCUT2D eigenvalue weighted by molar-refractivity contribution is 6.30. The smallest absolute Gasteiger partial charge is 0.307 e. The molecule has 0 aliphatic rings. The van der Waals surface area contributed by atoms with E-state index in [0.717, 1.165) is 11.3 Å². The summed E-state index contributed by atoms with van der Waals surface area (Å²) in [6.07, 6.45) is 0.358. The number of methoxy groups -OCH3 is 1. The van der Waals surface area contributed by atoms with Gasteiger partial charge >= 0.3 is 5.97 Å². The minimum absolute atomic E-state index is 0.192. The zero-order chi connectivity index (χ0) is 13.4. The van der Waals surface area contributed by atoms with Crippen molar-refractivity contribution in [1.29, 1.82) is 0 Å². The third kappa shape index (κ3) is 4.94. The van der Waals surface area contributed by atoms with Crippen LogP contribution >= 0.6 is 11.6 Å².